The fraction of sp³-hybridized carbons (Fsp3) is 0.417. The van der Waals surface area contributed by atoms with Crippen LogP contribution in [0, 0.1) is 17.0 Å². The Morgan fingerprint density at radius 2 is 1.94 bits per heavy atom. The molecule has 0 spiro atoms. The van der Waals surface area contributed by atoms with Gasteiger partial charge in [0.25, 0.3) is 0 Å². The first-order valence-electron chi connectivity index (χ1n) is 10.4. The van der Waals surface area contributed by atoms with Gasteiger partial charge in [0.2, 0.25) is 11.8 Å². The van der Waals surface area contributed by atoms with Crippen LogP contribution >= 0.6 is 0 Å². The van der Waals surface area contributed by atoms with Gasteiger partial charge in [-0.15, -0.1) is 0 Å². The predicted octanol–water partition coefficient (Wildman–Crippen LogP) is 4.91. The number of carbonyl (C=O) groups excluding carboxylic acids is 2. The first-order chi connectivity index (χ1) is 14.6. The smallest absolute Gasteiger partial charge is 0.247 e. The topological polar surface area (TPSA) is 58.6 Å². The number of anilines is 1. The monoisotopic (exact) mass is 430 g/mol. The molecule has 1 fully saturated rings. The zero-order valence-electron chi connectivity index (χ0n) is 18.1. The van der Waals surface area contributed by atoms with Crippen molar-refractivity contribution in [2.75, 3.05) is 11.9 Å². The van der Waals surface area contributed by atoms with E-state index in [4.69, 9.17) is 4.74 Å². The molecular formula is C24H28F2N2O3. The number of likely N-dealkylation sites (tertiary alicyclic amines) is 1. The molecule has 1 aliphatic rings. The van der Waals surface area contributed by atoms with Crippen molar-refractivity contribution in [1.82, 2.24) is 4.90 Å². The lowest BCUT2D eigenvalue weighted by atomic mass is 9.91. The summed E-state index contributed by atoms with van der Waals surface area (Å²) in [7, 11) is 0. The van der Waals surface area contributed by atoms with Gasteiger partial charge < -0.3 is 15.0 Å². The maximum absolute atomic E-state index is 14.4. The largest absolute Gasteiger partial charge is 0.486 e. The van der Waals surface area contributed by atoms with Crippen molar-refractivity contribution < 1.29 is 23.1 Å². The minimum atomic E-state index is -0.638. The number of amides is 2. The Balaban J connectivity index is 1.61. The Morgan fingerprint density at radius 1 is 1.16 bits per heavy atom. The van der Waals surface area contributed by atoms with Crippen LogP contribution in [0.15, 0.2) is 42.5 Å². The summed E-state index contributed by atoms with van der Waals surface area (Å²) in [5.41, 5.74) is 0.708. The normalized spacial score (nSPS) is 16.3. The molecule has 0 bridgehead atoms. The van der Waals surface area contributed by atoms with Crippen molar-refractivity contribution in [3.05, 3.63) is 59.7 Å². The second kappa shape index (κ2) is 9.45. The Hall–Kier alpha value is -2.96. The van der Waals surface area contributed by atoms with Crippen LogP contribution in [-0.4, -0.2) is 29.3 Å². The van der Waals surface area contributed by atoms with Gasteiger partial charge in [-0.25, -0.2) is 8.78 Å². The zero-order chi connectivity index (χ0) is 22.6. The summed E-state index contributed by atoms with van der Waals surface area (Å²) in [5, 5.41) is 2.70. The lowest BCUT2D eigenvalue weighted by Gasteiger charge is -2.27. The summed E-state index contributed by atoms with van der Waals surface area (Å²) in [4.78, 5) is 26.9. The molecule has 0 radical (unpaired) electrons. The third kappa shape index (κ3) is 6.26. The lowest BCUT2D eigenvalue weighted by Crippen LogP contribution is -2.44. The number of carbonyl (C=O) groups is 2. The van der Waals surface area contributed by atoms with Crippen LogP contribution in [0.3, 0.4) is 0 Å². The first-order valence-corrected chi connectivity index (χ1v) is 10.4. The fourth-order valence-electron chi connectivity index (χ4n) is 3.60. The highest BCUT2D eigenvalue weighted by atomic mass is 19.1. The van der Waals surface area contributed by atoms with Gasteiger partial charge in [0.05, 0.1) is 0 Å². The van der Waals surface area contributed by atoms with Crippen LogP contribution in [0.5, 0.6) is 5.75 Å². The number of rotatable bonds is 6. The van der Waals surface area contributed by atoms with Crippen LogP contribution in [0.25, 0.3) is 0 Å². The van der Waals surface area contributed by atoms with Crippen molar-refractivity contribution in [1.29, 1.82) is 0 Å². The van der Waals surface area contributed by atoms with Gasteiger partial charge in [-0.3, -0.25) is 9.59 Å². The van der Waals surface area contributed by atoms with Gasteiger partial charge in [-0.1, -0.05) is 32.9 Å². The summed E-state index contributed by atoms with van der Waals surface area (Å²) < 4.78 is 33.1. The van der Waals surface area contributed by atoms with Crippen LogP contribution in [0.1, 0.15) is 45.6 Å². The molecule has 2 aromatic rings. The van der Waals surface area contributed by atoms with Crippen molar-refractivity contribution in [3.63, 3.8) is 0 Å². The van der Waals surface area contributed by atoms with Gasteiger partial charge in [0.15, 0.2) is 11.6 Å². The molecule has 0 saturated carbocycles. The fourth-order valence-corrected chi connectivity index (χ4v) is 3.60. The summed E-state index contributed by atoms with van der Waals surface area (Å²) in [5.74, 6) is -1.39. The average Bonchev–Trinajstić information content (AvgIpc) is 3.16. The molecule has 3 rings (SSSR count). The maximum Gasteiger partial charge on any atom is 0.247 e. The highest BCUT2D eigenvalue weighted by Crippen LogP contribution is 2.27. The molecule has 1 saturated heterocycles. The summed E-state index contributed by atoms with van der Waals surface area (Å²) in [6, 6.07) is 9.46. The van der Waals surface area contributed by atoms with Crippen LogP contribution in [-0.2, 0) is 16.2 Å². The number of halogens is 2. The number of ether oxygens (including phenoxy) is 1. The summed E-state index contributed by atoms with van der Waals surface area (Å²) in [6.07, 6.45) is 1.71. The van der Waals surface area contributed by atoms with Gasteiger partial charge >= 0.3 is 0 Å². The molecule has 1 atom stereocenters. The van der Waals surface area contributed by atoms with E-state index in [9.17, 15) is 18.4 Å². The van der Waals surface area contributed by atoms with E-state index in [1.807, 2.05) is 20.8 Å². The van der Waals surface area contributed by atoms with Crippen LogP contribution < -0.4 is 10.1 Å². The number of hydrogen-bond acceptors (Lipinski definition) is 3. The number of benzene rings is 2. The number of nitrogens with one attached hydrogen (secondary N) is 1. The Kier molecular flexibility index (Phi) is 6.93. The van der Waals surface area contributed by atoms with Crippen molar-refractivity contribution in [3.8, 4) is 5.75 Å². The molecule has 1 unspecified atom stereocenters. The maximum atomic E-state index is 14.4. The molecule has 1 aliphatic heterocycles. The molecule has 7 heteroatoms. The summed E-state index contributed by atoms with van der Waals surface area (Å²) in [6.45, 7) is 6.52. The van der Waals surface area contributed by atoms with E-state index in [-0.39, 0.29) is 41.1 Å². The molecule has 31 heavy (non-hydrogen) atoms. The summed E-state index contributed by atoms with van der Waals surface area (Å²) >= 11 is 0. The molecule has 5 nitrogen and oxygen atoms in total. The minimum absolute atomic E-state index is 0.00473. The molecule has 1 N–H and O–H groups in total. The van der Waals surface area contributed by atoms with Crippen molar-refractivity contribution >= 4 is 17.5 Å². The lowest BCUT2D eigenvalue weighted by molar-refractivity contribution is -0.138. The Labute approximate surface area is 181 Å². The highest BCUT2D eigenvalue weighted by Gasteiger charge is 2.35. The molecule has 0 aliphatic carbocycles. The van der Waals surface area contributed by atoms with E-state index in [0.717, 1.165) is 6.42 Å². The molecule has 166 valence electrons. The van der Waals surface area contributed by atoms with Crippen molar-refractivity contribution in [2.24, 2.45) is 5.41 Å². The van der Waals surface area contributed by atoms with Gasteiger partial charge in [0.1, 0.15) is 18.5 Å². The Morgan fingerprint density at radius 3 is 2.61 bits per heavy atom. The highest BCUT2D eigenvalue weighted by molar-refractivity contribution is 5.97. The van der Waals surface area contributed by atoms with Crippen LogP contribution in [0.2, 0.25) is 0 Å². The average molecular weight is 430 g/mol. The van der Waals surface area contributed by atoms with E-state index >= 15 is 0 Å². The minimum Gasteiger partial charge on any atom is -0.486 e. The Bertz CT molecular complexity index is 956. The standard InChI is InChI=1S/C24H28F2N2O3/c1-24(2,3)14-22(29)28-11-5-8-20(28)23(30)27-18-9-10-21(19(26)13-18)31-15-16-6-4-7-17(25)12-16/h4,6-7,9-10,12-13,20H,5,8,11,14-15H2,1-3H3,(H,27,30). The number of nitrogens with zero attached hydrogens (tertiary/aromatic N) is 1. The van der Waals surface area contributed by atoms with Gasteiger partial charge in [0, 0.05) is 24.7 Å². The molecular weight excluding hydrogens is 402 g/mol. The van der Waals surface area contributed by atoms with Crippen molar-refractivity contribution in [2.45, 2.75) is 52.7 Å². The molecule has 2 amide bonds. The molecule has 1 heterocycles. The molecule has 2 aromatic carbocycles. The van der Waals surface area contributed by atoms with E-state index in [0.29, 0.717) is 24.9 Å². The second-order valence-corrected chi connectivity index (χ2v) is 9.04. The predicted molar refractivity (Wildman–Crippen MR) is 115 cm³/mol. The van der Waals surface area contributed by atoms with Gasteiger partial charge in [-0.2, -0.15) is 0 Å². The SMILES string of the molecule is CC(C)(C)CC(=O)N1CCCC1C(=O)Nc1ccc(OCc2cccc(F)c2)c(F)c1. The first kappa shape index (κ1) is 22.7. The van der Waals surface area contributed by atoms with E-state index in [1.165, 1.54) is 30.3 Å². The quantitative estimate of drug-likeness (QED) is 0.709. The molecule has 0 aromatic heterocycles. The third-order valence-electron chi connectivity index (χ3n) is 5.04. The van der Waals surface area contributed by atoms with Crippen LogP contribution in [0.4, 0.5) is 14.5 Å². The van der Waals surface area contributed by atoms with E-state index in [2.05, 4.69) is 5.32 Å². The van der Waals surface area contributed by atoms with E-state index < -0.39 is 11.9 Å². The third-order valence-corrected chi connectivity index (χ3v) is 5.04. The number of hydrogen-bond donors (Lipinski definition) is 1. The van der Waals surface area contributed by atoms with Gasteiger partial charge in [-0.05, 0) is 48.1 Å². The zero-order valence-corrected chi connectivity index (χ0v) is 18.1. The van der Waals surface area contributed by atoms with E-state index in [1.54, 1.807) is 17.0 Å². The second-order valence-electron chi connectivity index (χ2n) is 9.04.